The molecule has 0 saturated heterocycles. The maximum atomic E-state index is 11.8. The smallest absolute Gasteiger partial charge is 0.236 e. The van der Waals surface area contributed by atoms with E-state index in [9.17, 15) is 4.79 Å². The van der Waals surface area contributed by atoms with Gasteiger partial charge in [-0.25, -0.2) is 14.9 Å². The summed E-state index contributed by atoms with van der Waals surface area (Å²) in [5, 5.41) is 0.419. The third-order valence-corrected chi connectivity index (χ3v) is 2.65. The van der Waals surface area contributed by atoms with Crippen LogP contribution in [0.15, 0.2) is 36.7 Å². The van der Waals surface area contributed by atoms with Gasteiger partial charge in [-0.05, 0) is 24.3 Å². The summed E-state index contributed by atoms with van der Waals surface area (Å²) in [7, 11) is 1.58. The van der Waals surface area contributed by atoms with Crippen molar-refractivity contribution in [3.05, 3.63) is 41.7 Å². The van der Waals surface area contributed by atoms with E-state index in [2.05, 4.69) is 9.97 Å². The van der Waals surface area contributed by atoms with Gasteiger partial charge in [0.05, 0.1) is 30.2 Å². The Labute approximate surface area is 115 Å². The van der Waals surface area contributed by atoms with Gasteiger partial charge in [-0.3, -0.25) is 4.79 Å². The molecule has 0 radical (unpaired) electrons. The summed E-state index contributed by atoms with van der Waals surface area (Å²) < 4.78 is 5.08. The number of carbonyl (C=O) groups excluding carboxylic acids is 1. The summed E-state index contributed by atoms with van der Waals surface area (Å²) in [6.45, 7) is 1.45. The van der Waals surface area contributed by atoms with Crippen molar-refractivity contribution >= 4 is 29.1 Å². The molecule has 6 heteroatoms. The first-order chi connectivity index (χ1) is 9.11. The van der Waals surface area contributed by atoms with Crippen LogP contribution in [0.5, 0.6) is 5.75 Å². The van der Waals surface area contributed by atoms with Gasteiger partial charge in [0.2, 0.25) is 11.9 Å². The van der Waals surface area contributed by atoms with Gasteiger partial charge in [0, 0.05) is 6.92 Å². The lowest BCUT2D eigenvalue weighted by atomic mass is 10.2. The maximum absolute atomic E-state index is 11.8. The number of benzene rings is 1. The largest absolute Gasteiger partial charge is 0.497 e. The van der Waals surface area contributed by atoms with Crippen molar-refractivity contribution in [3.63, 3.8) is 0 Å². The summed E-state index contributed by atoms with van der Waals surface area (Å²) >= 11 is 5.74. The van der Waals surface area contributed by atoms with Crippen molar-refractivity contribution in [2.24, 2.45) is 0 Å². The number of nitrogens with zero attached hydrogens (tertiary/aromatic N) is 3. The maximum Gasteiger partial charge on any atom is 0.236 e. The van der Waals surface area contributed by atoms with Gasteiger partial charge < -0.3 is 4.74 Å². The number of anilines is 2. The number of aromatic nitrogens is 2. The molecule has 1 aromatic heterocycles. The average Bonchev–Trinajstić information content (AvgIpc) is 2.42. The zero-order valence-electron chi connectivity index (χ0n) is 10.5. The second-order valence-corrected chi connectivity index (χ2v) is 4.19. The fraction of sp³-hybridized carbons (Fsp3) is 0.154. The zero-order valence-corrected chi connectivity index (χ0v) is 11.3. The highest BCUT2D eigenvalue weighted by Crippen LogP contribution is 2.24. The molecule has 1 amide bonds. The predicted molar refractivity (Wildman–Crippen MR) is 72.9 cm³/mol. The Bertz CT molecular complexity index is 569. The van der Waals surface area contributed by atoms with E-state index in [4.69, 9.17) is 16.3 Å². The second-order valence-electron chi connectivity index (χ2n) is 3.75. The molecule has 2 aromatic rings. The number of ether oxygens (including phenoxy) is 1. The second kappa shape index (κ2) is 5.67. The van der Waals surface area contributed by atoms with Crippen molar-refractivity contribution in [1.29, 1.82) is 0 Å². The Morgan fingerprint density at radius 1 is 1.21 bits per heavy atom. The molecule has 0 atom stereocenters. The number of amides is 1. The van der Waals surface area contributed by atoms with Gasteiger partial charge in [-0.15, -0.1) is 0 Å². The van der Waals surface area contributed by atoms with E-state index in [1.54, 1.807) is 31.4 Å². The van der Waals surface area contributed by atoms with E-state index in [-0.39, 0.29) is 11.9 Å². The molecule has 0 aliphatic rings. The van der Waals surface area contributed by atoms with Crippen LogP contribution in [0.25, 0.3) is 0 Å². The number of carbonyl (C=O) groups is 1. The summed E-state index contributed by atoms with van der Waals surface area (Å²) in [6, 6.07) is 7.05. The highest BCUT2D eigenvalue weighted by Gasteiger charge is 2.16. The van der Waals surface area contributed by atoms with Crippen LogP contribution in [-0.2, 0) is 4.79 Å². The molecular weight excluding hydrogens is 266 g/mol. The molecule has 5 nitrogen and oxygen atoms in total. The van der Waals surface area contributed by atoms with Crippen LogP contribution in [0.3, 0.4) is 0 Å². The topological polar surface area (TPSA) is 55.3 Å². The average molecular weight is 278 g/mol. The van der Waals surface area contributed by atoms with Gasteiger partial charge in [0.25, 0.3) is 0 Å². The molecule has 0 unspecified atom stereocenters. The quantitative estimate of drug-likeness (QED) is 0.866. The van der Waals surface area contributed by atoms with Gasteiger partial charge in [0.15, 0.2) is 0 Å². The third kappa shape index (κ3) is 3.00. The van der Waals surface area contributed by atoms with E-state index >= 15 is 0 Å². The van der Waals surface area contributed by atoms with Crippen LogP contribution in [0, 0.1) is 0 Å². The molecular formula is C13H12ClN3O2. The normalized spacial score (nSPS) is 10.1. The summed E-state index contributed by atoms with van der Waals surface area (Å²) in [6.07, 6.45) is 2.90. The lowest BCUT2D eigenvalue weighted by Gasteiger charge is -2.19. The molecule has 98 valence electrons. The van der Waals surface area contributed by atoms with Gasteiger partial charge in [-0.1, -0.05) is 11.6 Å². The van der Waals surface area contributed by atoms with Crippen LogP contribution in [0.2, 0.25) is 5.02 Å². The fourth-order valence-corrected chi connectivity index (χ4v) is 1.69. The Balaban J connectivity index is 2.39. The minimum absolute atomic E-state index is 0.188. The van der Waals surface area contributed by atoms with E-state index in [0.29, 0.717) is 16.5 Å². The Kier molecular flexibility index (Phi) is 3.97. The van der Waals surface area contributed by atoms with Crippen LogP contribution in [0.4, 0.5) is 11.6 Å². The number of hydrogen-bond acceptors (Lipinski definition) is 4. The molecule has 1 heterocycles. The summed E-state index contributed by atoms with van der Waals surface area (Å²) in [5.41, 5.74) is 0.663. The molecule has 0 saturated carbocycles. The van der Waals surface area contributed by atoms with Gasteiger partial charge in [-0.2, -0.15) is 0 Å². The van der Waals surface area contributed by atoms with Crippen LogP contribution in [-0.4, -0.2) is 23.0 Å². The molecule has 0 fully saturated rings. The lowest BCUT2D eigenvalue weighted by molar-refractivity contribution is -0.115. The standard InChI is InChI=1S/C13H12ClN3O2/c1-9(18)17(13-15-7-10(14)8-16-13)11-3-5-12(19-2)6-4-11/h3-8H,1-2H3. The van der Waals surface area contributed by atoms with Crippen molar-refractivity contribution in [2.75, 3.05) is 12.0 Å². The first kappa shape index (κ1) is 13.3. The monoisotopic (exact) mass is 277 g/mol. The molecule has 0 N–H and O–H groups in total. The molecule has 2 rings (SSSR count). The fourth-order valence-electron chi connectivity index (χ4n) is 1.59. The SMILES string of the molecule is COc1ccc(N(C(C)=O)c2ncc(Cl)cn2)cc1. The Hall–Kier alpha value is -2.14. The van der Waals surface area contributed by atoms with Gasteiger partial charge >= 0.3 is 0 Å². The van der Waals surface area contributed by atoms with Crippen LogP contribution < -0.4 is 9.64 Å². The number of hydrogen-bond donors (Lipinski definition) is 0. The van der Waals surface area contributed by atoms with Crippen LogP contribution >= 0.6 is 11.6 Å². The molecule has 0 bridgehead atoms. The number of methoxy groups -OCH3 is 1. The summed E-state index contributed by atoms with van der Waals surface area (Å²) in [5.74, 6) is 0.804. The van der Waals surface area contributed by atoms with Crippen molar-refractivity contribution in [2.45, 2.75) is 6.92 Å². The molecule has 0 spiro atoms. The van der Waals surface area contributed by atoms with Gasteiger partial charge in [0.1, 0.15) is 5.75 Å². The highest BCUT2D eigenvalue weighted by molar-refractivity contribution is 6.30. The van der Waals surface area contributed by atoms with Crippen molar-refractivity contribution in [1.82, 2.24) is 9.97 Å². The molecule has 0 aliphatic carbocycles. The molecule has 0 aliphatic heterocycles. The third-order valence-electron chi connectivity index (χ3n) is 2.45. The first-order valence-electron chi connectivity index (χ1n) is 5.54. The highest BCUT2D eigenvalue weighted by atomic mass is 35.5. The Morgan fingerprint density at radius 2 is 1.79 bits per heavy atom. The van der Waals surface area contributed by atoms with Crippen molar-refractivity contribution in [3.8, 4) is 5.75 Å². The van der Waals surface area contributed by atoms with Crippen molar-refractivity contribution < 1.29 is 9.53 Å². The lowest BCUT2D eigenvalue weighted by Crippen LogP contribution is -2.24. The number of rotatable bonds is 3. The molecule has 1 aromatic carbocycles. The van der Waals surface area contributed by atoms with E-state index in [1.807, 2.05) is 0 Å². The van der Waals surface area contributed by atoms with E-state index in [1.165, 1.54) is 24.2 Å². The zero-order chi connectivity index (χ0) is 13.8. The minimum atomic E-state index is -0.188. The first-order valence-corrected chi connectivity index (χ1v) is 5.92. The summed E-state index contributed by atoms with van der Waals surface area (Å²) in [4.78, 5) is 21.3. The minimum Gasteiger partial charge on any atom is -0.497 e. The predicted octanol–water partition coefficient (Wildman–Crippen LogP) is 2.82. The van der Waals surface area contributed by atoms with E-state index in [0.717, 1.165) is 0 Å². The molecule has 19 heavy (non-hydrogen) atoms. The van der Waals surface area contributed by atoms with E-state index < -0.39 is 0 Å². The Morgan fingerprint density at radius 3 is 2.26 bits per heavy atom. The van der Waals surface area contributed by atoms with Crippen LogP contribution in [0.1, 0.15) is 6.92 Å². The number of halogens is 1.